The molecule has 0 amide bonds. The normalized spacial score (nSPS) is 14.6. The smallest absolute Gasteiger partial charge is 0.177 e. The van der Waals surface area contributed by atoms with Crippen LogP contribution in [0.15, 0.2) is 53.3 Å². The van der Waals surface area contributed by atoms with Crippen molar-refractivity contribution in [2.75, 3.05) is 37.6 Å². The van der Waals surface area contributed by atoms with Crippen LogP contribution in [-0.4, -0.2) is 45.4 Å². The number of pyridine rings is 1. The van der Waals surface area contributed by atoms with Gasteiger partial charge in [-0.15, -0.1) is 0 Å². The van der Waals surface area contributed by atoms with Crippen molar-refractivity contribution in [1.82, 2.24) is 15.4 Å². The second-order valence-corrected chi connectivity index (χ2v) is 8.32. The highest BCUT2D eigenvalue weighted by Crippen LogP contribution is 2.33. The van der Waals surface area contributed by atoms with Crippen molar-refractivity contribution < 1.29 is 13.2 Å². The van der Waals surface area contributed by atoms with Crippen molar-refractivity contribution in [1.29, 1.82) is 0 Å². The maximum Gasteiger partial charge on any atom is 0.177 e. The molecular weight excluding hydrogens is 366 g/mol. The Morgan fingerprint density at radius 3 is 2.78 bits per heavy atom. The number of aromatic nitrogens is 1. The summed E-state index contributed by atoms with van der Waals surface area (Å²) in [4.78, 5) is 4.53. The number of ether oxygens (including phenoxy) is 1. The number of nitrogens with zero attached hydrogens (tertiary/aromatic N) is 2. The quantitative estimate of drug-likeness (QED) is 0.662. The molecule has 0 bridgehead atoms. The predicted octanol–water partition coefficient (Wildman–Crippen LogP) is 2.08. The third-order valence-electron chi connectivity index (χ3n) is 3.98. The fourth-order valence-corrected chi connectivity index (χ4v) is 3.64. The number of methoxy groups -OCH3 is 1. The second-order valence-electron chi connectivity index (χ2n) is 6.34. The molecule has 1 aliphatic heterocycles. The average Bonchev–Trinajstić information content (AvgIpc) is 3.01. The summed E-state index contributed by atoms with van der Waals surface area (Å²) in [6, 6.07) is 8.84. The van der Waals surface area contributed by atoms with Crippen LogP contribution < -0.4 is 16.1 Å². The summed E-state index contributed by atoms with van der Waals surface area (Å²) in [5, 5.41) is 8.34. The van der Waals surface area contributed by atoms with Gasteiger partial charge in [0.2, 0.25) is 0 Å². The van der Waals surface area contributed by atoms with Crippen LogP contribution in [0.4, 0.5) is 17.2 Å². The van der Waals surface area contributed by atoms with Crippen molar-refractivity contribution in [2.45, 2.75) is 11.5 Å². The van der Waals surface area contributed by atoms with Gasteiger partial charge in [-0.1, -0.05) is 6.07 Å². The van der Waals surface area contributed by atoms with Crippen LogP contribution in [0.3, 0.4) is 0 Å². The minimum atomic E-state index is -3.42. The second kappa shape index (κ2) is 7.95. The van der Waals surface area contributed by atoms with Gasteiger partial charge in [0, 0.05) is 38.5 Å². The first-order chi connectivity index (χ1) is 12.9. The molecule has 0 atom stereocenters. The van der Waals surface area contributed by atoms with E-state index in [1.807, 2.05) is 30.3 Å². The SMILES string of the molecule is COCc1ccnc(Nc2cccc(S(C)(=O)=O)c2NC2=CNN(C)C2)c1. The molecule has 3 N–H and O–H groups in total. The molecule has 8 nitrogen and oxygen atoms in total. The summed E-state index contributed by atoms with van der Waals surface area (Å²) in [5.74, 6) is 0.605. The summed E-state index contributed by atoms with van der Waals surface area (Å²) in [6.45, 7) is 1.09. The van der Waals surface area contributed by atoms with E-state index in [0.717, 1.165) is 11.3 Å². The average molecular weight is 389 g/mol. The van der Waals surface area contributed by atoms with Crippen molar-refractivity contribution in [3.8, 4) is 0 Å². The van der Waals surface area contributed by atoms with E-state index in [1.165, 1.54) is 6.26 Å². The van der Waals surface area contributed by atoms with E-state index in [4.69, 9.17) is 4.74 Å². The maximum absolute atomic E-state index is 12.3. The zero-order chi connectivity index (χ0) is 19.4. The molecular formula is C18H23N5O3S. The molecule has 2 aromatic rings. The number of sulfone groups is 1. The Morgan fingerprint density at radius 2 is 2.11 bits per heavy atom. The number of likely N-dealkylation sites (N-methyl/N-ethyl adjacent to an activating group) is 1. The number of benzene rings is 1. The summed E-state index contributed by atoms with van der Waals surface area (Å²) in [7, 11) is 0.107. The van der Waals surface area contributed by atoms with Crippen LogP contribution in [0.25, 0.3) is 0 Å². The first kappa shape index (κ1) is 19.2. The van der Waals surface area contributed by atoms with Crippen LogP contribution in [0.5, 0.6) is 0 Å². The molecule has 2 heterocycles. The molecule has 0 saturated carbocycles. The zero-order valence-electron chi connectivity index (χ0n) is 15.5. The van der Waals surface area contributed by atoms with E-state index in [9.17, 15) is 8.42 Å². The van der Waals surface area contributed by atoms with Gasteiger partial charge in [-0.2, -0.15) is 0 Å². The van der Waals surface area contributed by atoms with Crippen LogP contribution in [-0.2, 0) is 21.2 Å². The van der Waals surface area contributed by atoms with Gasteiger partial charge in [-0.3, -0.25) is 0 Å². The first-order valence-electron chi connectivity index (χ1n) is 8.34. The Balaban J connectivity index is 1.98. The predicted molar refractivity (Wildman–Crippen MR) is 105 cm³/mol. The first-order valence-corrected chi connectivity index (χ1v) is 10.2. The van der Waals surface area contributed by atoms with E-state index in [-0.39, 0.29) is 4.90 Å². The fraction of sp³-hybridized carbons (Fsp3) is 0.278. The van der Waals surface area contributed by atoms with Crippen LogP contribution >= 0.6 is 0 Å². The third kappa shape index (κ3) is 4.76. The topological polar surface area (TPSA) is 95.6 Å². The number of para-hydroxylation sites is 1. The molecule has 9 heteroatoms. The van der Waals surface area contributed by atoms with Crippen molar-refractivity contribution in [3.05, 3.63) is 54.0 Å². The lowest BCUT2D eigenvalue weighted by Crippen LogP contribution is -2.25. The molecule has 1 aromatic heterocycles. The fourth-order valence-electron chi connectivity index (χ4n) is 2.78. The molecule has 144 valence electrons. The lowest BCUT2D eigenvalue weighted by atomic mass is 10.2. The number of rotatable bonds is 7. The van der Waals surface area contributed by atoms with Gasteiger partial charge in [0.05, 0.1) is 29.4 Å². The molecule has 0 radical (unpaired) electrons. The molecule has 1 aliphatic rings. The number of nitrogens with one attached hydrogen (secondary N) is 3. The molecule has 3 rings (SSSR count). The Kier molecular flexibility index (Phi) is 5.64. The summed E-state index contributed by atoms with van der Waals surface area (Å²) >= 11 is 0. The van der Waals surface area contributed by atoms with Gasteiger partial charge in [-0.25, -0.2) is 18.4 Å². The summed E-state index contributed by atoms with van der Waals surface area (Å²) < 4.78 is 29.7. The Bertz CT molecular complexity index is 959. The van der Waals surface area contributed by atoms with Gasteiger partial charge in [0.25, 0.3) is 0 Å². The molecule has 0 aliphatic carbocycles. The molecule has 0 fully saturated rings. The van der Waals surface area contributed by atoms with E-state index in [1.54, 1.807) is 31.6 Å². The van der Waals surface area contributed by atoms with Crippen LogP contribution in [0.1, 0.15) is 5.56 Å². The minimum Gasteiger partial charge on any atom is -0.380 e. The molecule has 0 spiro atoms. The highest BCUT2D eigenvalue weighted by Gasteiger charge is 2.20. The Labute approximate surface area is 159 Å². The number of anilines is 3. The molecule has 0 saturated heterocycles. The molecule has 1 aromatic carbocycles. The molecule has 0 unspecified atom stereocenters. The maximum atomic E-state index is 12.3. The van der Waals surface area contributed by atoms with Gasteiger partial charge in [0.15, 0.2) is 9.84 Å². The van der Waals surface area contributed by atoms with Crippen molar-refractivity contribution >= 4 is 27.0 Å². The number of hydrogen-bond acceptors (Lipinski definition) is 8. The lowest BCUT2D eigenvalue weighted by Gasteiger charge is -2.18. The number of hydrazine groups is 1. The monoisotopic (exact) mass is 389 g/mol. The van der Waals surface area contributed by atoms with E-state index in [0.29, 0.717) is 30.3 Å². The van der Waals surface area contributed by atoms with E-state index < -0.39 is 9.84 Å². The van der Waals surface area contributed by atoms with Crippen LogP contribution in [0.2, 0.25) is 0 Å². The van der Waals surface area contributed by atoms with Crippen molar-refractivity contribution in [3.63, 3.8) is 0 Å². The van der Waals surface area contributed by atoms with Gasteiger partial charge >= 0.3 is 0 Å². The van der Waals surface area contributed by atoms with Gasteiger partial charge < -0.3 is 20.8 Å². The van der Waals surface area contributed by atoms with Crippen LogP contribution in [0, 0.1) is 0 Å². The standard InChI is InChI=1S/C18H23N5O3S/c1-23-11-14(10-20-23)21-18-15(5-4-6-16(18)27(3,24)25)22-17-9-13(12-26-2)7-8-19-17/h4-10,20-21H,11-12H2,1-3H3,(H,19,22). The highest BCUT2D eigenvalue weighted by atomic mass is 32.2. The Morgan fingerprint density at radius 1 is 1.30 bits per heavy atom. The summed E-state index contributed by atoms with van der Waals surface area (Å²) in [5.41, 5.74) is 5.99. The number of hydrogen-bond donors (Lipinski definition) is 3. The summed E-state index contributed by atoms with van der Waals surface area (Å²) in [6.07, 6.45) is 4.69. The minimum absolute atomic E-state index is 0.219. The van der Waals surface area contributed by atoms with E-state index >= 15 is 0 Å². The van der Waals surface area contributed by atoms with Gasteiger partial charge in [-0.05, 0) is 29.8 Å². The zero-order valence-corrected chi connectivity index (χ0v) is 16.3. The Hall–Kier alpha value is -2.62. The van der Waals surface area contributed by atoms with E-state index in [2.05, 4.69) is 21.0 Å². The highest BCUT2D eigenvalue weighted by molar-refractivity contribution is 7.90. The largest absolute Gasteiger partial charge is 0.380 e. The lowest BCUT2D eigenvalue weighted by molar-refractivity contribution is 0.185. The van der Waals surface area contributed by atoms with Crippen molar-refractivity contribution in [2.24, 2.45) is 0 Å². The third-order valence-corrected chi connectivity index (χ3v) is 5.12. The molecule has 27 heavy (non-hydrogen) atoms. The van der Waals surface area contributed by atoms with Gasteiger partial charge in [0.1, 0.15) is 5.82 Å².